The highest BCUT2D eigenvalue weighted by Crippen LogP contribution is 2.22. The van der Waals surface area contributed by atoms with Gasteiger partial charge < -0.3 is 0 Å². The van der Waals surface area contributed by atoms with Gasteiger partial charge in [-0.25, -0.2) is 4.90 Å². The number of anilines is 1. The lowest BCUT2D eigenvalue weighted by Crippen LogP contribution is -2.29. The van der Waals surface area contributed by atoms with Crippen molar-refractivity contribution < 1.29 is 9.59 Å². The van der Waals surface area contributed by atoms with E-state index in [1.54, 1.807) is 12.1 Å². The number of amides is 2. The van der Waals surface area contributed by atoms with E-state index in [4.69, 9.17) is 0 Å². The predicted molar refractivity (Wildman–Crippen MR) is 67.4 cm³/mol. The van der Waals surface area contributed by atoms with Crippen LogP contribution in [0.1, 0.15) is 19.4 Å². The summed E-state index contributed by atoms with van der Waals surface area (Å²) in [6, 6.07) is 7.38. The van der Waals surface area contributed by atoms with Crippen molar-refractivity contribution in [3.05, 3.63) is 48.1 Å². The van der Waals surface area contributed by atoms with Crippen LogP contribution in [0.2, 0.25) is 0 Å². The molecule has 1 aliphatic heterocycles. The molecule has 1 aromatic carbocycles. The second-order valence-corrected chi connectivity index (χ2v) is 3.86. The number of hydrogen-bond donors (Lipinski definition) is 0. The van der Waals surface area contributed by atoms with E-state index < -0.39 is 0 Å². The topological polar surface area (TPSA) is 37.4 Å². The Morgan fingerprint density at radius 3 is 2.06 bits per heavy atom. The highest BCUT2D eigenvalue weighted by atomic mass is 16.2. The Hall–Kier alpha value is -2.16. The van der Waals surface area contributed by atoms with Gasteiger partial charge in [-0.1, -0.05) is 18.2 Å². The van der Waals surface area contributed by atoms with E-state index in [0.717, 1.165) is 16.0 Å². The summed E-state index contributed by atoms with van der Waals surface area (Å²) < 4.78 is 0. The summed E-state index contributed by atoms with van der Waals surface area (Å²) in [5.41, 5.74) is 2.86. The van der Waals surface area contributed by atoms with E-state index in [1.807, 2.05) is 32.1 Å². The quantitative estimate of drug-likeness (QED) is 0.728. The molecule has 0 saturated carbocycles. The molecular formula is C14H13NO2. The van der Waals surface area contributed by atoms with Crippen LogP contribution in [0.3, 0.4) is 0 Å². The zero-order valence-corrected chi connectivity index (χ0v) is 9.81. The molecule has 2 rings (SSSR count). The minimum absolute atomic E-state index is 0.287. The van der Waals surface area contributed by atoms with Gasteiger partial charge in [0.05, 0.1) is 5.69 Å². The van der Waals surface area contributed by atoms with Gasteiger partial charge in [-0.3, -0.25) is 9.59 Å². The van der Waals surface area contributed by atoms with Crippen LogP contribution in [-0.2, 0) is 9.59 Å². The van der Waals surface area contributed by atoms with Gasteiger partial charge >= 0.3 is 0 Å². The first-order chi connectivity index (χ1) is 8.13. The number of hydrogen-bond acceptors (Lipinski definition) is 2. The first kappa shape index (κ1) is 11.3. The third-order valence-corrected chi connectivity index (χ3v) is 2.82. The molecule has 0 bridgehead atoms. The van der Waals surface area contributed by atoms with Crippen molar-refractivity contribution in [1.29, 1.82) is 0 Å². The summed E-state index contributed by atoms with van der Waals surface area (Å²) in [5, 5.41) is 0. The van der Waals surface area contributed by atoms with Gasteiger partial charge in [-0.05, 0) is 37.1 Å². The fraction of sp³-hybridized carbons (Fsp3) is 0.143. The Bertz CT molecular complexity index is 506. The van der Waals surface area contributed by atoms with E-state index >= 15 is 0 Å². The molecule has 17 heavy (non-hydrogen) atoms. The van der Waals surface area contributed by atoms with Gasteiger partial charge in [0.1, 0.15) is 0 Å². The van der Waals surface area contributed by atoms with Gasteiger partial charge in [-0.15, -0.1) is 0 Å². The van der Waals surface area contributed by atoms with Crippen molar-refractivity contribution in [1.82, 2.24) is 0 Å². The fourth-order valence-corrected chi connectivity index (χ4v) is 1.69. The molecular weight excluding hydrogens is 214 g/mol. The molecule has 0 N–H and O–H groups in total. The predicted octanol–water partition coefficient (Wildman–Crippen LogP) is 2.54. The lowest BCUT2D eigenvalue weighted by Gasteiger charge is -2.14. The third kappa shape index (κ3) is 2.04. The number of carbonyl (C=O) groups is 2. The van der Waals surface area contributed by atoms with Crippen molar-refractivity contribution >= 4 is 23.1 Å². The number of carbonyl (C=O) groups excluding carboxylic acids is 2. The summed E-state index contributed by atoms with van der Waals surface area (Å²) in [6.45, 7) is 3.99. The minimum Gasteiger partial charge on any atom is -0.269 e. The maximum atomic E-state index is 11.5. The van der Waals surface area contributed by atoms with Crippen LogP contribution in [0, 0.1) is 0 Å². The average Bonchev–Trinajstić information content (AvgIpc) is 2.68. The molecule has 3 heteroatoms. The number of benzene rings is 1. The minimum atomic E-state index is -0.287. The van der Waals surface area contributed by atoms with E-state index in [1.165, 1.54) is 12.2 Å². The summed E-state index contributed by atoms with van der Waals surface area (Å²) in [6.07, 6.45) is 4.59. The maximum Gasteiger partial charge on any atom is 0.258 e. The Kier molecular flexibility index (Phi) is 2.91. The van der Waals surface area contributed by atoms with E-state index in [9.17, 15) is 9.59 Å². The van der Waals surface area contributed by atoms with Gasteiger partial charge in [-0.2, -0.15) is 0 Å². The van der Waals surface area contributed by atoms with Gasteiger partial charge in [0.25, 0.3) is 11.8 Å². The number of nitrogens with zero attached hydrogens (tertiary/aromatic N) is 1. The first-order valence-electron chi connectivity index (χ1n) is 5.43. The second-order valence-electron chi connectivity index (χ2n) is 3.86. The molecule has 0 fully saturated rings. The van der Waals surface area contributed by atoms with Crippen molar-refractivity contribution in [2.75, 3.05) is 4.90 Å². The van der Waals surface area contributed by atoms with Crippen molar-refractivity contribution in [3.63, 3.8) is 0 Å². The van der Waals surface area contributed by atoms with Crippen LogP contribution in [0.4, 0.5) is 5.69 Å². The Morgan fingerprint density at radius 1 is 1.06 bits per heavy atom. The number of imide groups is 1. The first-order valence-corrected chi connectivity index (χ1v) is 5.43. The Labute approximate surface area is 100 Å². The fourth-order valence-electron chi connectivity index (χ4n) is 1.69. The van der Waals surface area contributed by atoms with Gasteiger partial charge in [0.2, 0.25) is 0 Å². The van der Waals surface area contributed by atoms with E-state index in [-0.39, 0.29) is 11.8 Å². The molecule has 1 heterocycles. The Morgan fingerprint density at radius 2 is 1.59 bits per heavy atom. The highest BCUT2D eigenvalue weighted by Gasteiger charge is 2.24. The smallest absolute Gasteiger partial charge is 0.258 e. The zero-order valence-electron chi connectivity index (χ0n) is 9.81. The SMILES string of the molecule is CC=C(C)c1ccc(N2C(=O)C=CC2=O)cc1. The number of allylic oxidation sites excluding steroid dienone is 2. The van der Waals surface area contributed by atoms with Crippen molar-refractivity contribution in [2.45, 2.75) is 13.8 Å². The van der Waals surface area contributed by atoms with E-state index in [0.29, 0.717) is 5.69 Å². The van der Waals surface area contributed by atoms with Crippen LogP contribution in [0.15, 0.2) is 42.5 Å². The van der Waals surface area contributed by atoms with Crippen LogP contribution in [0.5, 0.6) is 0 Å². The molecule has 3 nitrogen and oxygen atoms in total. The molecule has 0 saturated heterocycles. The number of rotatable bonds is 2. The lowest BCUT2D eigenvalue weighted by atomic mass is 10.1. The van der Waals surface area contributed by atoms with Crippen molar-refractivity contribution in [2.24, 2.45) is 0 Å². The molecule has 2 amide bonds. The van der Waals surface area contributed by atoms with Gasteiger partial charge in [0, 0.05) is 12.2 Å². The molecule has 0 aliphatic carbocycles. The standard InChI is InChI=1S/C14H13NO2/c1-3-10(2)11-4-6-12(7-5-11)15-13(16)8-9-14(15)17/h3-9H,1-2H3. The largest absolute Gasteiger partial charge is 0.269 e. The second kappa shape index (κ2) is 4.37. The molecule has 1 aliphatic rings. The monoisotopic (exact) mass is 227 g/mol. The van der Waals surface area contributed by atoms with Crippen LogP contribution >= 0.6 is 0 Å². The molecule has 0 spiro atoms. The molecule has 0 atom stereocenters. The van der Waals surface area contributed by atoms with E-state index in [2.05, 4.69) is 0 Å². The summed E-state index contributed by atoms with van der Waals surface area (Å²) in [4.78, 5) is 24.1. The lowest BCUT2D eigenvalue weighted by molar-refractivity contribution is -0.119. The molecule has 86 valence electrons. The molecule has 0 unspecified atom stereocenters. The highest BCUT2D eigenvalue weighted by molar-refractivity contribution is 6.28. The normalized spacial score (nSPS) is 15.9. The molecule has 0 radical (unpaired) electrons. The zero-order chi connectivity index (χ0) is 12.4. The van der Waals surface area contributed by atoms with Gasteiger partial charge in [0.15, 0.2) is 0 Å². The summed E-state index contributed by atoms with van der Waals surface area (Å²) in [7, 11) is 0. The third-order valence-electron chi connectivity index (χ3n) is 2.82. The summed E-state index contributed by atoms with van der Waals surface area (Å²) in [5.74, 6) is -0.573. The maximum absolute atomic E-state index is 11.5. The van der Waals surface area contributed by atoms with Crippen LogP contribution in [-0.4, -0.2) is 11.8 Å². The van der Waals surface area contributed by atoms with Crippen LogP contribution < -0.4 is 4.90 Å². The molecule has 1 aromatic rings. The van der Waals surface area contributed by atoms with Crippen LogP contribution in [0.25, 0.3) is 5.57 Å². The Balaban J connectivity index is 2.30. The molecule has 0 aromatic heterocycles. The summed E-state index contributed by atoms with van der Waals surface area (Å²) >= 11 is 0. The average molecular weight is 227 g/mol. The van der Waals surface area contributed by atoms with Crippen molar-refractivity contribution in [3.8, 4) is 0 Å².